The molecular formula is C18H18N2OS. The molecule has 2 aliphatic rings. The van der Waals surface area contributed by atoms with Crippen LogP contribution in [-0.2, 0) is 0 Å². The molecule has 1 unspecified atom stereocenters. The van der Waals surface area contributed by atoms with Crippen LogP contribution < -0.4 is 10.2 Å². The first-order valence-electron chi connectivity index (χ1n) is 7.71. The van der Waals surface area contributed by atoms with Crippen molar-refractivity contribution in [3.05, 3.63) is 54.1 Å². The molecule has 1 fully saturated rings. The summed E-state index contributed by atoms with van der Waals surface area (Å²) in [5, 5.41) is 3.39. The number of amides is 1. The summed E-state index contributed by atoms with van der Waals surface area (Å²) in [5.41, 5.74) is 1.86. The molecule has 22 heavy (non-hydrogen) atoms. The molecule has 2 heterocycles. The molecule has 3 nitrogen and oxygen atoms in total. The third-order valence-electron chi connectivity index (χ3n) is 4.34. The Labute approximate surface area is 134 Å². The second-order valence-electron chi connectivity index (χ2n) is 5.84. The number of hydrogen-bond donors (Lipinski definition) is 1. The smallest absolute Gasteiger partial charge is 0.259 e. The van der Waals surface area contributed by atoms with Crippen LogP contribution in [-0.4, -0.2) is 25.5 Å². The van der Waals surface area contributed by atoms with Gasteiger partial charge in [0.1, 0.15) is 0 Å². The van der Waals surface area contributed by atoms with Crippen molar-refractivity contribution in [2.24, 2.45) is 5.92 Å². The Morgan fingerprint density at radius 2 is 1.86 bits per heavy atom. The topological polar surface area (TPSA) is 32.3 Å². The monoisotopic (exact) mass is 310 g/mol. The summed E-state index contributed by atoms with van der Waals surface area (Å²) in [6.07, 6.45) is 1.14. The summed E-state index contributed by atoms with van der Waals surface area (Å²) in [6, 6.07) is 16.2. The van der Waals surface area contributed by atoms with Gasteiger partial charge in [-0.05, 0) is 49.7 Å². The van der Waals surface area contributed by atoms with E-state index in [1.54, 1.807) is 11.8 Å². The summed E-state index contributed by atoms with van der Waals surface area (Å²) in [5.74, 6) is 0.659. The summed E-state index contributed by atoms with van der Waals surface area (Å²) < 4.78 is 0. The van der Waals surface area contributed by atoms with Crippen molar-refractivity contribution >= 4 is 23.4 Å². The van der Waals surface area contributed by atoms with Gasteiger partial charge in [-0.1, -0.05) is 36.0 Å². The minimum absolute atomic E-state index is 0.125. The van der Waals surface area contributed by atoms with E-state index in [-0.39, 0.29) is 5.91 Å². The molecule has 4 heteroatoms. The number of carbonyl (C=O) groups excluding carboxylic acids is 1. The van der Waals surface area contributed by atoms with Crippen molar-refractivity contribution in [2.75, 3.05) is 24.5 Å². The maximum atomic E-state index is 13.1. The summed E-state index contributed by atoms with van der Waals surface area (Å²) in [7, 11) is 0. The molecule has 1 amide bonds. The van der Waals surface area contributed by atoms with Crippen LogP contribution in [0.4, 0.5) is 5.69 Å². The fraction of sp³-hybridized carbons (Fsp3) is 0.278. The van der Waals surface area contributed by atoms with Crippen molar-refractivity contribution in [3.63, 3.8) is 0 Å². The van der Waals surface area contributed by atoms with E-state index in [4.69, 9.17) is 0 Å². The van der Waals surface area contributed by atoms with Gasteiger partial charge in [-0.2, -0.15) is 0 Å². The van der Waals surface area contributed by atoms with E-state index in [9.17, 15) is 4.79 Å². The third kappa shape index (κ3) is 2.42. The Hall–Kier alpha value is -1.78. The highest BCUT2D eigenvalue weighted by molar-refractivity contribution is 7.99. The summed E-state index contributed by atoms with van der Waals surface area (Å²) in [6.45, 7) is 2.85. The number of anilines is 1. The first-order chi connectivity index (χ1) is 10.8. The third-order valence-corrected chi connectivity index (χ3v) is 5.48. The first-order valence-corrected chi connectivity index (χ1v) is 8.53. The minimum Gasteiger partial charge on any atom is -0.316 e. The normalized spacial score (nSPS) is 20.5. The molecule has 0 saturated carbocycles. The standard InChI is InChI=1S/C18H18N2OS/c21-18-14-5-1-3-7-16(14)22-17-8-4-2-6-15(17)20(18)12-13-9-10-19-11-13/h1-8,13,19H,9-12H2. The lowest BCUT2D eigenvalue weighted by Gasteiger charge is -2.25. The van der Waals surface area contributed by atoms with Crippen LogP contribution in [0, 0.1) is 5.92 Å². The van der Waals surface area contributed by atoms with Crippen LogP contribution in [0.1, 0.15) is 16.8 Å². The van der Waals surface area contributed by atoms with Crippen molar-refractivity contribution in [1.29, 1.82) is 0 Å². The number of fused-ring (bicyclic) bond motifs is 2. The van der Waals surface area contributed by atoms with Gasteiger partial charge in [0, 0.05) is 16.3 Å². The molecule has 1 atom stereocenters. The molecule has 1 saturated heterocycles. The molecule has 2 aromatic rings. The first kappa shape index (κ1) is 13.9. The molecule has 0 aromatic heterocycles. The highest BCUT2D eigenvalue weighted by Gasteiger charge is 2.29. The summed E-state index contributed by atoms with van der Waals surface area (Å²) >= 11 is 1.69. The van der Waals surface area contributed by atoms with Gasteiger partial charge >= 0.3 is 0 Å². The number of hydrogen-bond acceptors (Lipinski definition) is 3. The molecule has 0 radical (unpaired) electrons. The van der Waals surface area contributed by atoms with Gasteiger partial charge in [-0.15, -0.1) is 0 Å². The lowest BCUT2D eigenvalue weighted by Crippen LogP contribution is -2.36. The van der Waals surface area contributed by atoms with Crippen LogP contribution >= 0.6 is 11.8 Å². The van der Waals surface area contributed by atoms with Crippen molar-refractivity contribution in [1.82, 2.24) is 5.32 Å². The second-order valence-corrected chi connectivity index (χ2v) is 6.92. The lowest BCUT2D eigenvalue weighted by molar-refractivity contribution is 0.0980. The highest BCUT2D eigenvalue weighted by Crippen LogP contribution is 2.41. The molecule has 2 aliphatic heterocycles. The van der Waals surface area contributed by atoms with Crippen molar-refractivity contribution < 1.29 is 4.79 Å². The van der Waals surface area contributed by atoms with Crippen LogP contribution in [0.2, 0.25) is 0 Å². The zero-order chi connectivity index (χ0) is 14.9. The van der Waals surface area contributed by atoms with Gasteiger partial charge in [0.25, 0.3) is 5.91 Å². The average Bonchev–Trinajstić information content (AvgIpc) is 3.03. The number of carbonyl (C=O) groups is 1. The van der Waals surface area contributed by atoms with E-state index < -0.39 is 0 Å². The van der Waals surface area contributed by atoms with Crippen LogP contribution in [0.5, 0.6) is 0 Å². The molecule has 0 bridgehead atoms. The van der Waals surface area contributed by atoms with Gasteiger partial charge in [0.15, 0.2) is 0 Å². The maximum absolute atomic E-state index is 13.1. The quantitative estimate of drug-likeness (QED) is 0.922. The molecule has 1 N–H and O–H groups in total. The Kier molecular flexibility index (Phi) is 3.64. The number of nitrogens with one attached hydrogen (secondary N) is 1. The SMILES string of the molecule is O=C1c2ccccc2Sc2ccccc2N1CC1CCNC1. The van der Waals surface area contributed by atoms with E-state index in [0.717, 1.165) is 47.1 Å². The van der Waals surface area contributed by atoms with E-state index in [2.05, 4.69) is 17.4 Å². The summed E-state index contributed by atoms with van der Waals surface area (Å²) in [4.78, 5) is 17.3. The Bertz CT molecular complexity index is 710. The van der Waals surface area contributed by atoms with Gasteiger partial charge in [0.05, 0.1) is 11.3 Å². The molecule has 0 aliphatic carbocycles. The zero-order valence-electron chi connectivity index (χ0n) is 12.3. The van der Waals surface area contributed by atoms with Crippen LogP contribution in [0.25, 0.3) is 0 Å². The Balaban J connectivity index is 1.79. The molecular weight excluding hydrogens is 292 g/mol. The molecule has 4 rings (SSSR count). The van der Waals surface area contributed by atoms with E-state index >= 15 is 0 Å². The predicted octanol–water partition coefficient (Wildman–Crippen LogP) is 3.41. The van der Waals surface area contributed by atoms with E-state index in [1.807, 2.05) is 41.3 Å². The van der Waals surface area contributed by atoms with Crippen molar-refractivity contribution in [3.8, 4) is 0 Å². The number of nitrogens with zero attached hydrogens (tertiary/aromatic N) is 1. The van der Waals surface area contributed by atoms with Crippen LogP contribution in [0.3, 0.4) is 0 Å². The number of para-hydroxylation sites is 1. The molecule has 112 valence electrons. The van der Waals surface area contributed by atoms with Gasteiger partial charge < -0.3 is 10.2 Å². The Morgan fingerprint density at radius 3 is 2.68 bits per heavy atom. The average molecular weight is 310 g/mol. The van der Waals surface area contributed by atoms with Gasteiger partial charge in [-0.25, -0.2) is 0 Å². The van der Waals surface area contributed by atoms with Gasteiger partial charge in [-0.3, -0.25) is 4.79 Å². The largest absolute Gasteiger partial charge is 0.316 e. The lowest BCUT2D eigenvalue weighted by atomic mass is 10.1. The number of rotatable bonds is 2. The van der Waals surface area contributed by atoms with E-state index in [0.29, 0.717) is 5.92 Å². The fourth-order valence-electron chi connectivity index (χ4n) is 3.18. The Morgan fingerprint density at radius 1 is 1.09 bits per heavy atom. The zero-order valence-corrected chi connectivity index (χ0v) is 13.1. The van der Waals surface area contributed by atoms with Crippen molar-refractivity contribution in [2.45, 2.75) is 16.2 Å². The second kappa shape index (κ2) is 5.78. The minimum atomic E-state index is 0.125. The molecule has 2 aromatic carbocycles. The van der Waals surface area contributed by atoms with E-state index in [1.165, 1.54) is 0 Å². The highest BCUT2D eigenvalue weighted by atomic mass is 32.2. The maximum Gasteiger partial charge on any atom is 0.259 e. The fourth-order valence-corrected chi connectivity index (χ4v) is 4.26. The molecule has 0 spiro atoms. The van der Waals surface area contributed by atoms with Gasteiger partial charge in [0.2, 0.25) is 0 Å². The number of benzene rings is 2. The predicted molar refractivity (Wildman–Crippen MR) is 89.7 cm³/mol. The van der Waals surface area contributed by atoms with Crippen LogP contribution in [0.15, 0.2) is 58.3 Å².